The van der Waals surface area contributed by atoms with E-state index in [2.05, 4.69) is 6.92 Å². The molecular formula is C23H31NO5S2. The first-order valence-corrected chi connectivity index (χ1v) is 12.0. The minimum Gasteiger partial charge on any atom is -0.493 e. The largest absolute Gasteiger partial charge is 0.493 e. The number of hydrogen-bond acceptors (Lipinski definition) is 6. The van der Waals surface area contributed by atoms with Crippen molar-refractivity contribution in [3.63, 3.8) is 0 Å². The van der Waals surface area contributed by atoms with Gasteiger partial charge in [-0.2, -0.15) is 0 Å². The molecule has 31 heavy (non-hydrogen) atoms. The smallest absolute Gasteiger partial charge is 0.326 e. The van der Waals surface area contributed by atoms with E-state index in [0.29, 0.717) is 23.0 Å². The van der Waals surface area contributed by atoms with Gasteiger partial charge in [-0.05, 0) is 36.6 Å². The summed E-state index contributed by atoms with van der Waals surface area (Å²) in [4.78, 5) is 25.8. The molecule has 170 valence electrons. The van der Waals surface area contributed by atoms with Crippen LogP contribution < -0.4 is 9.47 Å². The van der Waals surface area contributed by atoms with Gasteiger partial charge in [0.05, 0.1) is 18.6 Å². The van der Waals surface area contributed by atoms with E-state index in [-0.39, 0.29) is 16.6 Å². The lowest BCUT2D eigenvalue weighted by Gasteiger charge is -2.21. The van der Waals surface area contributed by atoms with Gasteiger partial charge >= 0.3 is 5.97 Å². The number of thioether (sulfide) groups is 1. The molecule has 0 radical (unpaired) electrons. The molecule has 1 aliphatic heterocycles. The number of benzene rings is 1. The number of carbonyl (C=O) groups excluding carboxylic acids is 1. The second kappa shape index (κ2) is 12.7. The fraction of sp³-hybridized carbons (Fsp3) is 0.522. The molecule has 1 heterocycles. The van der Waals surface area contributed by atoms with Crippen molar-refractivity contribution < 1.29 is 24.2 Å². The number of methoxy groups -OCH3 is 1. The Hall–Kier alpha value is -2.06. The first kappa shape index (κ1) is 25.2. The van der Waals surface area contributed by atoms with Crippen LogP contribution in [0.15, 0.2) is 23.1 Å². The van der Waals surface area contributed by atoms with Gasteiger partial charge in [0, 0.05) is 0 Å². The number of amides is 1. The number of ether oxygens (including phenoxy) is 2. The van der Waals surface area contributed by atoms with Crippen molar-refractivity contribution in [3.8, 4) is 11.5 Å². The zero-order valence-corrected chi connectivity index (χ0v) is 20.0. The van der Waals surface area contributed by atoms with Gasteiger partial charge in [-0.15, -0.1) is 0 Å². The van der Waals surface area contributed by atoms with Gasteiger partial charge in [-0.3, -0.25) is 9.69 Å². The van der Waals surface area contributed by atoms with Gasteiger partial charge in [-0.1, -0.05) is 76.0 Å². The van der Waals surface area contributed by atoms with Crippen LogP contribution in [0.2, 0.25) is 0 Å². The maximum absolute atomic E-state index is 12.7. The number of carbonyl (C=O) groups is 2. The molecule has 2 rings (SSSR count). The van der Waals surface area contributed by atoms with E-state index in [1.54, 1.807) is 26.2 Å². The number of thiocarbonyl (C=S) groups is 1. The van der Waals surface area contributed by atoms with Crippen LogP contribution in [0.1, 0.15) is 64.4 Å². The first-order valence-electron chi connectivity index (χ1n) is 10.7. The number of carboxylic acids is 1. The second-order valence-electron chi connectivity index (χ2n) is 7.34. The molecule has 0 spiro atoms. The van der Waals surface area contributed by atoms with Gasteiger partial charge in [0.15, 0.2) is 11.5 Å². The summed E-state index contributed by atoms with van der Waals surface area (Å²) in [5.74, 6) is -0.190. The molecule has 1 atom stereocenters. The molecule has 1 amide bonds. The fourth-order valence-corrected chi connectivity index (χ4v) is 4.68. The van der Waals surface area contributed by atoms with Crippen LogP contribution >= 0.6 is 24.0 Å². The standard InChI is InChI=1S/C23H31NO5S2/c1-4-6-7-8-9-10-13-29-18-12-11-16(14-19(18)28-3)15-20-21(25)24(23(30)31-20)17(5-2)22(26)27/h11-12,14-15,17H,4-10,13H2,1-3H3,(H,26,27). The van der Waals surface area contributed by atoms with Crippen LogP contribution in [0.25, 0.3) is 6.08 Å². The average molecular weight is 466 g/mol. The molecule has 1 unspecified atom stereocenters. The summed E-state index contributed by atoms with van der Waals surface area (Å²) in [6.07, 6.45) is 9.16. The summed E-state index contributed by atoms with van der Waals surface area (Å²) in [7, 11) is 1.58. The zero-order chi connectivity index (χ0) is 22.8. The number of nitrogens with zero attached hydrogens (tertiary/aromatic N) is 1. The monoisotopic (exact) mass is 465 g/mol. The summed E-state index contributed by atoms with van der Waals surface area (Å²) in [6, 6.07) is 4.53. The van der Waals surface area contributed by atoms with Crippen LogP contribution in [0.4, 0.5) is 0 Å². The topological polar surface area (TPSA) is 76.1 Å². The maximum Gasteiger partial charge on any atom is 0.326 e. The molecule has 1 aromatic rings. The van der Waals surface area contributed by atoms with Crippen LogP contribution in [-0.4, -0.2) is 46.0 Å². The van der Waals surface area contributed by atoms with Crippen molar-refractivity contribution in [2.75, 3.05) is 13.7 Å². The molecule has 0 aliphatic carbocycles. The van der Waals surface area contributed by atoms with Crippen LogP contribution in [-0.2, 0) is 9.59 Å². The quantitative estimate of drug-likeness (QED) is 0.234. The Bertz CT molecular complexity index is 824. The number of aliphatic carboxylic acids is 1. The lowest BCUT2D eigenvalue weighted by atomic mass is 10.1. The number of carboxylic acid groups (broad SMARTS) is 1. The van der Waals surface area contributed by atoms with Gasteiger partial charge in [0.1, 0.15) is 10.4 Å². The third kappa shape index (κ3) is 6.97. The molecule has 6 nitrogen and oxygen atoms in total. The van der Waals surface area contributed by atoms with Crippen molar-refractivity contribution >= 4 is 46.3 Å². The van der Waals surface area contributed by atoms with Crippen molar-refractivity contribution in [2.45, 2.75) is 64.8 Å². The molecule has 1 N–H and O–H groups in total. The number of hydrogen-bond donors (Lipinski definition) is 1. The third-order valence-electron chi connectivity index (χ3n) is 5.05. The summed E-state index contributed by atoms with van der Waals surface area (Å²) in [6.45, 7) is 4.56. The highest BCUT2D eigenvalue weighted by Crippen LogP contribution is 2.36. The molecule has 8 heteroatoms. The van der Waals surface area contributed by atoms with Gasteiger partial charge in [0.2, 0.25) is 0 Å². The van der Waals surface area contributed by atoms with Crippen LogP contribution in [0.3, 0.4) is 0 Å². The Morgan fingerprint density at radius 3 is 2.55 bits per heavy atom. The van der Waals surface area contributed by atoms with Gasteiger partial charge in [-0.25, -0.2) is 4.79 Å². The van der Waals surface area contributed by atoms with E-state index >= 15 is 0 Å². The number of unbranched alkanes of at least 4 members (excludes halogenated alkanes) is 5. The number of rotatable bonds is 13. The molecule has 1 fully saturated rings. The van der Waals surface area contributed by atoms with E-state index in [1.165, 1.54) is 30.6 Å². The minimum absolute atomic E-state index is 0.261. The highest BCUT2D eigenvalue weighted by molar-refractivity contribution is 8.26. The summed E-state index contributed by atoms with van der Waals surface area (Å²) >= 11 is 6.37. The summed E-state index contributed by atoms with van der Waals surface area (Å²) in [5, 5.41) is 9.37. The molecule has 1 saturated heterocycles. The van der Waals surface area contributed by atoms with Crippen LogP contribution in [0, 0.1) is 0 Å². The molecule has 1 aromatic carbocycles. The van der Waals surface area contributed by atoms with Gasteiger partial charge in [0.25, 0.3) is 5.91 Å². The van der Waals surface area contributed by atoms with Crippen molar-refractivity contribution in [3.05, 3.63) is 28.7 Å². The highest BCUT2D eigenvalue weighted by Gasteiger charge is 2.39. The lowest BCUT2D eigenvalue weighted by Crippen LogP contribution is -2.43. The molecule has 0 saturated carbocycles. The Kier molecular flexibility index (Phi) is 10.3. The van der Waals surface area contributed by atoms with Crippen molar-refractivity contribution in [1.29, 1.82) is 0 Å². The van der Waals surface area contributed by atoms with E-state index in [9.17, 15) is 14.7 Å². The molecule has 0 bridgehead atoms. The van der Waals surface area contributed by atoms with Crippen molar-refractivity contribution in [1.82, 2.24) is 4.90 Å². The average Bonchev–Trinajstić information content (AvgIpc) is 3.02. The Balaban J connectivity index is 2.04. The summed E-state index contributed by atoms with van der Waals surface area (Å²) in [5.41, 5.74) is 0.757. The highest BCUT2D eigenvalue weighted by atomic mass is 32.2. The normalized spacial score (nSPS) is 16.1. The van der Waals surface area contributed by atoms with E-state index in [0.717, 1.165) is 30.2 Å². The predicted octanol–water partition coefficient (Wildman–Crippen LogP) is 5.50. The first-order chi connectivity index (χ1) is 14.9. The van der Waals surface area contributed by atoms with Crippen LogP contribution in [0.5, 0.6) is 11.5 Å². The summed E-state index contributed by atoms with van der Waals surface area (Å²) < 4.78 is 11.6. The Labute approximate surface area is 194 Å². The molecule has 1 aliphatic rings. The minimum atomic E-state index is -1.06. The molecular weight excluding hydrogens is 434 g/mol. The van der Waals surface area contributed by atoms with E-state index < -0.39 is 12.0 Å². The second-order valence-corrected chi connectivity index (χ2v) is 9.02. The van der Waals surface area contributed by atoms with Gasteiger partial charge < -0.3 is 14.6 Å². The predicted molar refractivity (Wildman–Crippen MR) is 129 cm³/mol. The molecule has 0 aromatic heterocycles. The maximum atomic E-state index is 12.7. The third-order valence-corrected chi connectivity index (χ3v) is 6.38. The van der Waals surface area contributed by atoms with E-state index in [4.69, 9.17) is 21.7 Å². The SMILES string of the molecule is CCCCCCCCOc1ccc(C=C2SC(=S)N(C(CC)C(=O)O)C2=O)cc1OC. The van der Waals surface area contributed by atoms with E-state index in [1.807, 2.05) is 12.1 Å². The Morgan fingerprint density at radius 2 is 1.90 bits per heavy atom. The zero-order valence-electron chi connectivity index (χ0n) is 18.4. The van der Waals surface area contributed by atoms with Crippen molar-refractivity contribution in [2.24, 2.45) is 0 Å². The Morgan fingerprint density at radius 1 is 1.19 bits per heavy atom. The lowest BCUT2D eigenvalue weighted by molar-refractivity contribution is -0.145. The fourth-order valence-electron chi connectivity index (χ4n) is 3.33.